The highest BCUT2D eigenvalue weighted by Crippen LogP contribution is 2.36. The third-order valence-corrected chi connectivity index (χ3v) is 5.55. The lowest BCUT2D eigenvalue weighted by molar-refractivity contribution is -0.137. The van der Waals surface area contributed by atoms with Crippen molar-refractivity contribution in [1.82, 2.24) is 4.90 Å². The Hall–Kier alpha value is -2.52. The van der Waals surface area contributed by atoms with E-state index in [0.29, 0.717) is 11.8 Å². The van der Waals surface area contributed by atoms with E-state index in [2.05, 4.69) is 5.32 Å². The maximum atomic E-state index is 13.1. The molecule has 2 aromatic rings. The van der Waals surface area contributed by atoms with Crippen LogP contribution in [-0.2, 0) is 11.0 Å². The molecule has 0 spiro atoms. The molecule has 0 radical (unpaired) electrons. The number of imide groups is 1. The van der Waals surface area contributed by atoms with Gasteiger partial charge in [0.15, 0.2) is 0 Å². The first-order valence-electron chi connectivity index (χ1n) is 8.78. The Bertz CT molecular complexity index is 978. The van der Waals surface area contributed by atoms with Crippen LogP contribution in [0.3, 0.4) is 0 Å². The number of nitrogens with one attached hydrogen (secondary N) is 1. The summed E-state index contributed by atoms with van der Waals surface area (Å²) >= 11 is 7.02. The number of thioether (sulfide) groups is 1. The Morgan fingerprint density at radius 2 is 1.73 bits per heavy atom. The molecule has 5 nitrogen and oxygen atoms in total. The van der Waals surface area contributed by atoms with Gasteiger partial charge in [0.1, 0.15) is 6.04 Å². The first-order valence-corrected chi connectivity index (χ1v) is 10.6. The molecule has 1 N–H and O–H groups in total. The first kappa shape index (κ1) is 22.2. The summed E-state index contributed by atoms with van der Waals surface area (Å²) < 4.78 is 39.3. The van der Waals surface area contributed by atoms with Crippen molar-refractivity contribution in [3.05, 3.63) is 64.2 Å². The molecule has 1 unspecified atom stereocenters. The van der Waals surface area contributed by atoms with E-state index in [0.717, 1.165) is 11.0 Å². The smallest absolute Gasteiger partial charge is 0.324 e. The molecule has 2 aromatic carbocycles. The second-order valence-corrected chi connectivity index (χ2v) is 7.90. The molecule has 1 heterocycles. The molecule has 158 valence electrons. The van der Waals surface area contributed by atoms with E-state index < -0.39 is 40.5 Å². The summed E-state index contributed by atoms with van der Waals surface area (Å²) in [6.45, 7) is 0. The van der Waals surface area contributed by atoms with E-state index in [9.17, 15) is 27.6 Å². The van der Waals surface area contributed by atoms with Crippen molar-refractivity contribution >= 4 is 46.8 Å². The van der Waals surface area contributed by atoms with Crippen LogP contribution < -0.4 is 5.32 Å². The topological polar surface area (TPSA) is 66.5 Å². The SMILES string of the molecule is CSCCC(C(=O)Nc1ccc(Cl)c(C(F)(F)F)c1)N1C(=O)c2ccccc2C1=O. The van der Waals surface area contributed by atoms with Gasteiger partial charge < -0.3 is 5.32 Å². The molecule has 30 heavy (non-hydrogen) atoms. The van der Waals surface area contributed by atoms with Crippen LogP contribution in [-0.4, -0.2) is 40.7 Å². The average molecular weight is 457 g/mol. The molecule has 1 aliphatic heterocycles. The largest absolute Gasteiger partial charge is 0.417 e. The second-order valence-electron chi connectivity index (χ2n) is 6.50. The number of fused-ring (bicyclic) bond motifs is 1. The van der Waals surface area contributed by atoms with Crippen molar-refractivity contribution in [2.45, 2.75) is 18.6 Å². The highest BCUT2D eigenvalue weighted by Gasteiger charge is 2.42. The molecule has 0 saturated heterocycles. The van der Waals surface area contributed by atoms with Crippen LogP contribution in [0.5, 0.6) is 0 Å². The Kier molecular flexibility index (Phi) is 6.42. The van der Waals surface area contributed by atoms with Gasteiger partial charge in [-0.1, -0.05) is 23.7 Å². The zero-order valence-electron chi connectivity index (χ0n) is 15.6. The predicted octanol–water partition coefficient (Wildman–Crippen LogP) is 4.72. The van der Waals surface area contributed by atoms with Gasteiger partial charge >= 0.3 is 6.18 Å². The molecule has 0 bridgehead atoms. The lowest BCUT2D eigenvalue weighted by Crippen LogP contribution is -2.47. The minimum atomic E-state index is -4.70. The number of carbonyl (C=O) groups is 3. The number of rotatable bonds is 6. The van der Waals surface area contributed by atoms with Crippen molar-refractivity contribution in [2.75, 3.05) is 17.3 Å². The Balaban J connectivity index is 1.89. The Morgan fingerprint density at radius 1 is 1.13 bits per heavy atom. The van der Waals surface area contributed by atoms with Crippen molar-refractivity contribution < 1.29 is 27.6 Å². The molecule has 0 saturated carbocycles. The number of benzene rings is 2. The maximum Gasteiger partial charge on any atom is 0.417 e. The number of hydrogen-bond acceptors (Lipinski definition) is 4. The van der Waals surface area contributed by atoms with Crippen LogP contribution in [0, 0.1) is 0 Å². The number of carbonyl (C=O) groups excluding carboxylic acids is 3. The monoisotopic (exact) mass is 456 g/mol. The van der Waals surface area contributed by atoms with Crippen LogP contribution in [0.15, 0.2) is 42.5 Å². The minimum Gasteiger partial charge on any atom is -0.324 e. The van der Waals surface area contributed by atoms with E-state index in [-0.39, 0.29) is 23.2 Å². The second kappa shape index (κ2) is 8.69. The zero-order valence-corrected chi connectivity index (χ0v) is 17.2. The molecule has 3 rings (SSSR count). The van der Waals surface area contributed by atoms with Gasteiger partial charge in [-0.25, -0.2) is 0 Å². The minimum absolute atomic E-state index is 0.137. The molecule has 3 amide bonds. The summed E-state index contributed by atoms with van der Waals surface area (Å²) in [5.74, 6) is -1.51. The van der Waals surface area contributed by atoms with Gasteiger partial charge in [0.2, 0.25) is 5.91 Å². The molecule has 1 aliphatic rings. The van der Waals surface area contributed by atoms with Crippen molar-refractivity contribution in [3.63, 3.8) is 0 Å². The van der Waals surface area contributed by atoms with Crippen LogP contribution in [0.4, 0.5) is 18.9 Å². The molecule has 10 heteroatoms. The van der Waals surface area contributed by atoms with E-state index >= 15 is 0 Å². The van der Waals surface area contributed by atoms with Crippen LogP contribution >= 0.6 is 23.4 Å². The summed E-state index contributed by atoms with van der Waals surface area (Å²) in [6.07, 6.45) is -2.75. The fourth-order valence-corrected chi connectivity index (χ4v) is 3.83. The average Bonchev–Trinajstić information content (AvgIpc) is 2.94. The normalized spacial score (nSPS) is 14.6. The molecule has 0 fully saturated rings. The van der Waals surface area contributed by atoms with Crippen molar-refractivity contribution in [2.24, 2.45) is 0 Å². The lowest BCUT2D eigenvalue weighted by atomic mass is 10.1. The van der Waals surface area contributed by atoms with E-state index in [4.69, 9.17) is 11.6 Å². The summed E-state index contributed by atoms with van der Waals surface area (Å²) in [7, 11) is 0. The first-order chi connectivity index (χ1) is 14.1. The predicted molar refractivity (Wildman–Crippen MR) is 109 cm³/mol. The summed E-state index contributed by atoms with van der Waals surface area (Å²) in [5.41, 5.74) is -0.851. The van der Waals surface area contributed by atoms with Crippen molar-refractivity contribution in [1.29, 1.82) is 0 Å². The highest BCUT2D eigenvalue weighted by atomic mass is 35.5. The summed E-state index contributed by atoms with van der Waals surface area (Å²) in [5, 5.41) is 1.88. The van der Waals surface area contributed by atoms with Gasteiger partial charge in [0.25, 0.3) is 11.8 Å². The fourth-order valence-electron chi connectivity index (χ4n) is 3.14. The van der Waals surface area contributed by atoms with Crippen LogP contribution in [0.1, 0.15) is 32.7 Å². The lowest BCUT2D eigenvalue weighted by Gasteiger charge is -2.25. The van der Waals surface area contributed by atoms with Gasteiger partial charge in [0.05, 0.1) is 21.7 Å². The van der Waals surface area contributed by atoms with Gasteiger partial charge in [-0.15, -0.1) is 0 Å². The summed E-state index contributed by atoms with van der Waals surface area (Å²) in [6, 6.07) is 8.00. The number of amides is 3. The zero-order chi connectivity index (χ0) is 22.1. The standard InChI is InChI=1S/C20H16ClF3N2O3S/c1-30-9-8-16(26-18(28)12-4-2-3-5-13(12)19(26)29)17(27)25-11-6-7-15(21)14(10-11)20(22,23)24/h2-7,10,16H,8-9H2,1H3,(H,25,27). The molecule has 0 aliphatic carbocycles. The number of hydrogen-bond donors (Lipinski definition) is 1. The number of anilines is 1. The van der Waals surface area contributed by atoms with Gasteiger partial charge in [-0.3, -0.25) is 19.3 Å². The van der Waals surface area contributed by atoms with E-state index in [1.165, 1.54) is 30.0 Å². The van der Waals surface area contributed by atoms with E-state index in [1.54, 1.807) is 18.4 Å². The van der Waals surface area contributed by atoms with Crippen LogP contribution in [0.25, 0.3) is 0 Å². The molecule has 1 atom stereocenters. The third kappa shape index (κ3) is 4.32. The molecular formula is C20H16ClF3N2O3S. The fraction of sp³-hybridized carbons (Fsp3) is 0.250. The third-order valence-electron chi connectivity index (χ3n) is 4.57. The summed E-state index contributed by atoms with van der Waals surface area (Å²) in [4.78, 5) is 39.3. The molecular weight excluding hydrogens is 441 g/mol. The van der Waals surface area contributed by atoms with Crippen LogP contribution in [0.2, 0.25) is 5.02 Å². The molecule has 0 aromatic heterocycles. The van der Waals surface area contributed by atoms with Crippen molar-refractivity contribution in [3.8, 4) is 0 Å². The van der Waals surface area contributed by atoms with Gasteiger partial charge in [0, 0.05) is 5.69 Å². The maximum absolute atomic E-state index is 13.1. The number of halogens is 4. The van der Waals surface area contributed by atoms with Gasteiger partial charge in [-0.05, 0) is 48.8 Å². The number of alkyl halides is 3. The van der Waals surface area contributed by atoms with E-state index in [1.807, 2.05) is 0 Å². The van der Waals surface area contributed by atoms with Gasteiger partial charge in [-0.2, -0.15) is 24.9 Å². The highest BCUT2D eigenvalue weighted by molar-refractivity contribution is 7.98. The Labute approximate surface area is 179 Å². The number of nitrogens with zero attached hydrogens (tertiary/aromatic N) is 1. The Morgan fingerprint density at radius 3 is 2.27 bits per heavy atom. The quantitative estimate of drug-likeness (QED) is 0.639.